The molecule has 3 N–H and O–H groups in total. The predicted octanol–water partition coefficient (Wildman–Crippen LogP) is 2.95. The van der Waals surface area contributed by atoms with E-state index in [9.17, 15) is 4.39 Å². The van der Waals surface area contributed by atoms with Crippen molar-refractivity contribution < 1.29 is 9.13 Å². The van der Waals surface area contributed by atoms with Gasteiger partial charge in [-0.15, -0.1) is 0 Å². The van der Waals surface area contributed by atoms with E-state index < -0.39 is 0 Å². The average molecular weight is 274 g/mol. The van der Waals surface area contributed by atoms with Crippen molar-refractivity contribution in [3.05, 3.63) is 65.0 Å². The summed E-state index contributed by atoms with van der Waals surface area (Å²) in [5, 5.41) is 0. The first-order chi connectivity index (χ1) is 9.69. The van der Waals surface area contributed by atoms with Crippen LogP contribution in [0.4, 0.5) is 4.39 Å². The average Bonchev–Trinajstić information content (AvgIpc) is 2.50. The number of aryl methyl sites for hydroxylation is 1. The van der Waals surface area contributed by atoms with Crippen LogP contribution >= 0.6 is 0 Å². The number of hydrazine groups is 1. The van der Waals surface area contributed by atoms with Crippen LogP contribution in [0.5, 0.6) is 5.75 Å². The second kappa shape index (κ2) is 6.50. The first-order valence-electron chi connectivity index (χ1n) is 6.58. The Balaban J connectivity index is 2.35. The van der Waals surface area contributed by atoms with Crippen LogP contribution in [0, 0.1) is 5.82 Å². The van der Waals surface area contributed by atoms with Gasteiger partial charge in [0.05, 0.1) is 13.2 Å². The Morgan fingerprint density at radius 3 is 2.40 bits per heavy atom. The summed E-state index contributed by atoms with van der Waals surface area (Å²) < 4.78 is 19.1. The third-order valence-electron chi connectivity index (χ3n) is 3.41. The van der Waals surface area contributed by atoms with Crippen LogP contribution in [-0.2, 0) is 6.42 Å². The van der Waals surface area contributed by atoms with Gasteiger partial charge in [0.2, 0.25) is 0 Å². The zero-order valence-corrected chi connectivity index (χ0v) is 11.7. The molecule has 0 amide bonds. The number of ether oxygens (including phenoxy) is 1. The molecule has 106 valence electrons. The molecule has 2 aromatic carbocycles. The fourth-order valence-electron chi connectivity index (χ4n) is 2.18. The van der Waals surface area contributed by atoms with Crippen molar-refractivity contribution in [2.45, 2.75) is 19.4 Å². The van der Waals surface area contributed by atoms with Gasteiger partial charge < -0.3 is 4.74 Å². The van der Waals surface area contributed by atoms with E-state index in [-0.39, 0.29) is 11.9 Å². The molecule has 0 aliphatic heterocycles. The van der Waals surface area contributed by atoms with Crippen molar-refractivity contribution in [1.82, 2.24) is 5.43 Å². The van der Waals surface area contributed by atoms with E-state index in [0.717, 1.165) is 12.0 Å². The van der Waals surface area contributed by atoms with E-state index in [2.05, 4.69) is 12.3 Å². The van der Waals surface area contributed by atoms with Gasteiger partial charge >= 0.3 is 0 Å². The van der Waals surface area contributed by atoms with Crippen molar-refractivity contribution in [2.75, 3.05) is 7.11 Å². The third kappa shape index (κ3) is 2.98. The third-order valence-corrected chi connectivity index (χ3v) is 3.41. The second-order valence-electron chi connectivity index (χ2n) is 4.58. The largest absolute Gasteiger partial charge is 0.497 e. The summed E-state index contributed by atoms with van der Waals surface area (Å²) in [4.78, 5) is 0. The number of hydrogen-bond donors (Lipinski definition) is 2. The Morgan fingerprint density at radius 2 is 1.90 bits per heavy atom. The number of rotatable bonds is 5. The summed E-state index contributed by atoms with van der Waals surface area (Å²) in [6.45, 7) is 2.09. The van der Waals surface area contributed by atoms with Crippen LogP contribution in [0.2, 0.25) is 0 Å². The van der Waals surface area contributed by atoms with E-state index in [4.69, 9.17) is 10.6 Å². The maximum Gasteiger partial charge on any atom is 0.132 e. The molecule has 1 atom stereocenters. The molecule has 3 nitrogen and oxygen atoms in total. The summed E-state index contributed by atoms with van der Waals surface area (Å²) in [5.74, 6) is 5.75. The smallest absolute Gasteiger partial charge is 0.132 e. The standard InChI is InChI=1S/C16H19FN2O/c1-3-11-4-6-12(7-5-11)16(19-18)14-9-8-13(20-2)10-15(14)17/h4-10,16,19H,3,18H2,1-2H3. The molecule has 0 saturated carbocycles. The van der Waals surface area contributed by atoms with Gasteiger partial charge in [0.15, 0.2) is 0 Å². The maximum atomic E-state index is 14.1. The number of methoxy groups -OCH3 is 1. The molecule has 4 heteroatoms. The Bertz CT molecular complexity index is 569. The van der Waals surface area contributed by atoms with Crippen LogP contribution in [-0.4, -0.2) is 7.11 Å². The Morgan fingerprint density at radius 1 is 1.20 bits per heavy atom. The van der Waals surface area contributed by atoms with Gasteiger partial charge in [-0.1, -0.05) is 37.3 Å². The highest BCUT2D eigenvalue weighted by atomic mass is 19.1. The summed E-state index contributed by atoms with van der Waals surface area (Å²) in [5.41, 5.74) is 5.33. The predicted molar refractivity (Wildman–Crippen MR) is 77.9 cm³/mol. The molecule has 1 unspecified atom stereocenters. The van der Waals surface area contributed by atoms with Crippen molar-refractivity contribution >= 4 is 0 Å². The summed E-state index contributed by atoms with van der Waals surface area (Å²) in [6.07, 6.45) is 0.970. The van der Waals surface area contributed by atoms with Crippen LogP contribution in [0.25, 0.3) is 0 Å². The van der Waals surface area contributed by atoms with Crippen LogP contribution < -0.4 is 16.0 Å². The molecule has 0 fully saturated rings. The molecule has 2 rings (SSSR count). The quantitative estimate of drug-likeness (QED) is 0.651. The van der Waals surface area contributed by atoms with Crippen LogP contribution in [0.1, 0.15) is 29.7 Å². The minimum atomic E-state index is -0.383. The lowest BCUT2D eigenvalue weighted by atomic mass is 9.97. The fraction of sp³-hybridized carbons (Fsp3) is 0.250. The molecular weight excluding hydrogens is 255 g/mol. The van der Waals surface area contributed by atoms with Gasteiger partial charge in [0.25, 0.3) is 0 Å². The number of halogens is 1. The van der Waals surface area contributed by atoms with Gasteiger partial charge in [-0.2, -0.15) is 0 Å². The highest BCUT2D eigenvalue weighted by Gasteiger charge is 2.17. The maximum absolute atomic E-state index is 14.1. The lowest BCUT2D eigenvalue weighted by Gasteiger charge is -2.18. The molecule has 0 heterocycles. The lowest BCUT2D eigenvalue weighted by Crippen LogP contribution is -2.29. The first-order valence-corrected chi connectivity index (χ1v) is 6.58. The van der Waals surface area contributed by atoms with E-state index in [1.54, 1.807) is 12.1 Å². The molecule has 0 aliphatic rings. The number of benzene rings is 2. The Kier molecular flexibility index (Phi) is 4.71. The van der Waals surface area contributed by atoms with Gasteiger partial charge in [-0.3, -0.25) is 5.84 Å². The van der Waals surface area contributed by atoms with Crippen molar-refractivity contribution in [1.29, 1.82) is 0 Å². The first kappa shape index (κ1) is 14.5. The molecule has 0 saturated heterocycles. The van der Waals surface area contributed by atoms with E-state index in [1.165, 1.54) is 18.7 Å². The summed E-state index contributed by atoms with van der Waals surface area (Å²) in [7, 11) is 1.51. The van der Waals surface area contributed by atoms with Crippen molar-refractivity contribution in [3.63, 3.8) is 0 Å². The number of nitrogens with one attached hydrogen (secondary N) is 1. The Hall–Kier alpha value is -1.91. The molecule has 20 heavy (non-hydrogen) atoms. The molecule has 2 aromatic rings. The molecule has 0 aromatic heterocycles. The zero-order chi connectivity index (χ0) is 14.5. The van der Waals surface area contributed by atoms with Crippen LogP contribution in [0.15, 0.2) is 42.5 Å². The topological polar surface area (TPSA) is 47.3 Å². The Labute approximate surface area is 118 Å². The number of nitrogens with two attached hydrogens (primary N) is 1. The minimum absolute atomic E-state index is 0.341. The zero-order valence-electron chi connectivity index (χ0n) is 11.7. The molecule has 0 bridgehead atoms. The molecule has 0 aliphatic carbocycles. The van der Waals surface area contributed by atoms with Gasteiger partial charge in [-0.25, -0.2) is 9.82 Å². The molecule has 0 spiro atoms. The summed E-state index contributed by atoms with van der Waals surface area (Å²) in [6, 6.07) is 12.4. The van der Waals surface area contributed by atoms with Gasteiger partial charge in [-0.05, 0) is 23.6 Å². The highest BCUT2D eigenvalue weighted by Crippen LogP contribution is 2.26. The van der Waals surface area contributed by atoms with Crippen LogP contribution in [0.3, 0.4) is 0 Å². The van der Waals surface area contributed by atoms with Gasteiger partial charge in [0, 0.05) is 11.6 Å². The van der Waals surface area contributed by atoms with Crippen molar-refractivity contribution in [2.24, 2.45) is 5.84 Å². The van der Waals surface area contributed by atoms with E-state index in [0.29, 0.717) is 11.3 Å². The fourth-order valence-corrected chi connectivity index (χ4v) is 2.18. The summed E-state index contributed by atoms with van der Waals surface area (Å²) >= 11 is 0. The lowest BCUT2D eigenvalue weighted by molar-refractivity contribution is 0.410. The molecular formula is C16H19FN2O. The number of hydrogen-bond acceptors (Lipinski definition) is 3. The highest BCUT2D eigenvalue weighted by molar-refractivity contribution is 5.37. The second-order valence-corrected chi connectivity index (χ2v) is 4.58. The monoisotopic (exact) mass is 274 g/mol. The van der Waals surface area contributed by atoms with E-state index >= 15 is 0 Å². The molecule has 0 radical (unpaired) electrons. The normalized spacial score (nSPS) is 12.2. The SMILES string of the molecule is CCc1ccc(C(NN)c2ccc(OC)cc2F)cc1. The van der Waals surface area contributed by atoms with Crippen molar-refractivity contribution in [3.8, 4) is 5.75 Å². The minimum Gasteiger partial charge on any atom is -0.497 e. The van der Waals surface area contributed by atoms with Gasteiger partial charge in [0.1, 0.15) is 11.6 Å². The van der Waals surface area contributed by atoms with E-state index in [1.807, 2.05) is 24.3 Å².